The molecule has 1 amide bonds. The van der Waals surface area contributed by atoms with Crippen LogP contribution < -0.4 is 0 Å². The van der Waals surface area contributed by atoms with E-state index in [4.69, 9.17) is 14.5 Å². The van der Waals surface area contributed by atoms with Crippen LogP contribution in [0.4, 0.5) is 0 Å². The number of piperidine rings is 1. The van der Waals surface area contributed by atoms with E-state index < -0.39 is 0 Å². The van der Waals surface area contributed by atoms with Gasteiger partial charge in [-0.15, -0.1) is 0 Å². The second-order valence-corrected chi connectivity index (χ2v) is 7.52. The quantitative estimate of drug-likeness (QED) is 0.685. The Bertz CT molecular complexity index is 869. The highest BCUT2D eigenvalue weighted by Gasteiger charge is 2.32. The summed E-state index contributed by atoms with van der Waals surface area (Å²) in [4.78, 5) is 19.4. The number of ether oxygens (including phenoxy) is 1. The van der Waals surface area contributed by atoms with Gasteiger partial charge >= 0.3 is 0 Å². The molecule has 1 aromatic heterocycles. The summed E-state index contributed by atoms with van der Waals surface area (Å²) in [6.07, 6.45) is 5.90. The molecule has 0 radical (unpaired) electrons. The van der Waals surface area contributed by atoms with Crippen molar-refractivity contribution in [2.75, 3.05) is 19.8 Å². The van der Waals surface area contributed by atoms with Crippen molar-refractivity contribution in [2.45, 2.75) is 44.6 Å². The standard InChI is InChI=1S/C21H24N4O3/c22-13-16-4-3-5-17(12-16)21(26)25-10-2-1-6-18(25)20-23-19(24-28-20)9-11-27-14-15-7-8-15/h3-5,12,15,18H,1-2,6-11,14H2. The molecule has 2 aromatic rings. The predicted molar refractivity (Wildman–Crippen MR) is 100 cm³/mol. The fourth-order valence-corrected chi connectivity index (χ4v) is 3.52. The number of amides is 1. The zero-order valence-electron chi connectivity index (χ0n) is 15.8. The summed E-state index contributed by atoms with van der Waals surface area (Å²) < 4.78 is 11.1. The number of aromatic nitrogens is 2. The smallest absolute Gasteiger partial charge is 0.254 e. The lowest BCUT2D eigenvalue weighted by atomic mass is 10.00. The van der Waals surface area contributed by atoms with Gasteiger partial charge in [-0.1, -0.05) is 11.2 Å². The molecule has 7 nitrogen and oxygen atoms in total. The molecule has 2 fully saturated rings. The number of benzene rings is 1. The molecule has 1 saturated heterocycles. The number of nitriles is 1. The van der Waals surface area contributed by atoms with Gasteiger partial charge in [0.15, 0.2) is 5.82 Å². The first-order valence-corrected chi connectivity index (χ1v) is 9.96. The topological polar surface area (TPSA) is 92.2 Å². The van der Waals surface area contributed by atoms with Crippen LogP contribution in [0.25, 0.3) is 0 Å². The average molecular weight is 380 g/mol. The van der Waals surface area contributed by atoms with Crippen LogP contribution >= 0.6 is 0 Å². The van der Waals surface area contributed by atoms with E-state index in [-0.39, 0.29) is 11.9 Å². The minimum absolute atomic E-state index is 0.102. The Morgan fingerprint density at radius 2 is 2.21 bits per heavy atom. The maximum atomic E-state index is 13.0. The van der Waals surface area contributed by atoms with Crippen LogP contribution in [-0.4, -0.2) is 40.7 Å². The first kappa shape index (κ1) is 18.6. The molecule has 1 unspecified atom stereocenters. The van der Waals surface area contributed by atoms with Gasteiger partial charge in [-0.25, -0.2) is 0 Å². The predicted octanol–water partition coefficient (Wildman–Crippen LogP) is 3.28. The normalized spacial score (nSPS) is 19.4. The molecule has 1 saturated carbocycles. The zero-order valence-corrected chi connectivity index (χ0v) is 15.8. The van der Waals surface area contributed by atoms with E-state index in [1.807, 2.05) is 0 Å². The largest absolute Gasteiger partial charge is 0.381 e. The van der Waals surface area contributed by atoms with Gasteiger partial charge < -0.3 is 14.2 Å². The Balaban J connectivity index is 1.43. The molecule has 2 heterocycles. The third-order valence-electron chi connectivity index (χ3n) is 5.29. The molecule has 146 valence electrons. The molecule has 4 rings (SSSR count). The molecule has 1 aliphatic carbocycles. The summed E-state index contributed by atoms with van der Waals surface area (Å²) in [7, 11) is 0. The highest BCUT2D eigenvalue weighted by atomic mass is 16.5. The average Bonchev–Trinajstić information content (AvgIpc) is 3.46. The number of nitrogens with zero attached hydrogens (tertiary/aromatic N) is 4. The molecule has 2 aliphatic rings. The van der Waals surface area contributed by atoms with Crippen LogP contribution in [0.5, 0.6) is 0 Å². The monoisotopic (exact) mass is 380 g/mol. The molecule has 0 N–H and O–H groups in total. The molecule has 0 bridgehead atoms. The second kappa shape index (κ2) is 8.53. The van der Waals surface area contributed by atoms with Crippen molar-refractivity contribution in [1.29, 1.82) is 5.26 Å². The van der Waals surface area contributed by atoms with Gasteiger partial charge in [0.25, 0.3) is 5.91 Å². The molecule has 1 aliphatic heterocycles. The summed E-state index contributed by atoms with van der Waals surface area (Å²) in [5.74, 6) is 1.74. The summed E-state index contributed by atoms with van der Waals surface area (Å²) >= 11 is 0. The van der Waals surface area contributed by atoms with E-state index in [1.54, 1.807) is 29.2 Å². The van der Waals surface area contributed by atoms with Crippen LogP contribution in [0.1, 0.15) is 65.8 Å². The lowest BCUT2D eigenvalue weighted by Gasteiger charge is -2.33. The van der Waals surface area contributed by atoms with Gasteiger partial charge in [0.05, 0.1) is 18.2 Å². The van der Waals surface area contributed by atoms with E-state index in [2.05, 4.69) is 16.2 Å². The summed E-state index contributed by atoms with van der Waals surface area (Å²) in [6.45, 7) is 2.05. The lowest BCUT2D eigenvalue weighted by Crippen LogP contribution is -2.38. The molecule has 1 aromatic carbocycles. The minimum atomic E-state index is -0.222. The first-order chi connectivity index (χ1) is 13.7. The maximum absolute atomic E-state index is 13.0. The maximum Gasteiger partial charge on any atom is 0.254 e. The fourth-order valence-electron chi connectivity index (χ4n) is 3.52. The first-order valence-electron chi connectivity index (χ1n) is 9.96. The van der Waals surface area contributed by atoms with Gasteiger partial charge in [0, 0.05) is 25.1 Å². The Morgan fingerprint density at radius 1 is 1.32 bits per heavy atom. The minimum Gasteiger partial charge on any atom is -0.381 e. The highest BCUT2D eigenvalue weighted by molar-refractivity contribution is 5.94. The van der Waals surface area contributed by atoms with Gasteiger partial charge in [0.2, 0.25) is 5.89 Å². The summed E-state index contributed by atoms with van der Waals surface area (Å²) in [5.41, 5.74) is 0.991. The highest BCUT2D eigenvalue weighted by Crippen LogP contribution is 2.31. The van der Waals surface area contributed by atoms with Crippen molar-refractivity contribution in [3.63, 3.8) is 0 Å². The molecule has 28 heavy (non-hydrogen) atoms. The van der Waals surface area contributed by atoms with E-state index in [9.17, 15) is 4.79 Å². The van der Waals surface area contributed by atoms with E-state index in [0.717, 1.165) is 31.8 Å². The number of carbonyl (C=O) groups is 1. The fraction of sp³-hybridized carbons (Fsp3) is 0.524. The number of hydrogen-bond donors (Lipinski definition) is 0. The summed E-state index contributed by atoms with van der Waals surface area (Å²) in [6, 6.07) is 8.66. The molecular weight excluding hydrogens is 356 g/mol. The van der Waals surface area contributed by atoms with Crippen LogP contribution in [0.3, 0.4) is 0 Å². The van der Waals surface area contributed by atoms with Crippen molar-refractivity contribution in [2.24, 2.45) is 5.92 Å². The SMILES string of the molecule is N#Cc1cccc(C(=O)N2CCCCC2c2nc(CCOCC3CC3)no2)c1. The van der Waals surface area contributed by atoms with Gasteiger partial charge in [-0.2, -0.15) is 10.2 Å². The van der Waals surface area contributed by atoms with Crippen LogP contribution in [0, 0.1) is 17.2 Å². The number of hydrogen-bond acceptors (Lipinski definition) is 6. The van der Waals surface area contributed by atoms with Gasteiger partial charge in [-0.3, -0.25) is 4.79 Å². The zero-order chi connectivity index (χ0) is 19.3. The lowest BCUT2D eigenvalue weighted by molar-refractivity contribution is 0.0561. The number of rotatable bonds is 7. The van der Waals surface area contributed by atoms with Crippen molar-refractivity contribution in [3.8, 4) is 6.07 Å². The third-order valence-corrected chi connectivity index (χ3v) is 5.29. The van der Waals surface area contributed by atoms with Crippen molar-refractivity contribution in [1.82, 2.24) is 15.0 Å². The molecule has 1 atom stereocenters. The van der Waals surface area contributed by atoms with Gasteiger partial charge in [-0.05, 0) is 56.2 Å². The Labute approximate surface area is 164 Å². The molecular formula is C21H24N4O3. The summed E-state index contributed by atoms with van der Waals surface area (Å²) in [5, 5.41) is 13.2. The second-order valence-electron chi connectivity index (χ2n) is 7.52. The van der Waals surface area contributed by atoms with Crippen molar-refractivity contribution in [3.05, 3.63) is 47.1 Å². The van der Waals surface area contributed by atoms with E-state index in [0.29, 0.717) is 42.4 Å². The number of carbonyl (C=O) groups excluding carboxylic acids is 1. The third kappa shape index (κ3) is 4.39. The number of likely N-dealkylation sites (tertiary alicyclic amines) is 1. The Morgan fingerprint density at radius 3 is 3.04 bits per heavy atom. The van der Waals surface area contributed by atoms with E-state index in [1.165, 1.54) is 12.8 Å². The van der Waals surface area contributed by atoms with Crippen molar-refractivity contribution >= 4 is 5.91 Å². The molecule has 0 spiro atoms. The Hall–Kier alpha value is -2.72. The van der Waals surface area contributed by atoms with Crippen LogP contribution in [0.15, 0.2) is 28.8 Å². The van der Waals surface area contributed by atoms with Crippen molar-refractivity contribution < 1.29 is 14.1 Å². The van der Waals surface area contributed by atoms with Crippen LogP contribution in [-0.2, 0) is 11.2 Å². The van der Waals surface area contributed by atoms with Crippen LogP contribution in [0.2, 0.25) is 0 Å². The van der Waals surface area contributed by atoms with E-state index >= 15 is 0 Å². The Kier molecular flexibility index (Phi) is 5.68. The molecule has 7 heteroatoms. The van der Waals surface area contributed by atoms with Gasteiger partial charge in [0.1, 0.15) is 6.04 Å².